The molecule has 0 spiro atoms. The Morgan fingerprint density at radius 2 is 2.00 bits per heavy atom. The van der Waals surface area contributed by atoms with Crippen molar-refractivity contribution in [3.63, 3.8) is 0 Å². The Morgan fingerprint density at radius 1 is 1.18 bits per heavy atom. The van der Waals surface area contributed by atoms with Gasteiger partial charge in [-0.25, -0.2) is 4.68 Å². The average molecular weight is 226 g/mol. The lowest BCUT2D eigenvalue weighted by molar-refractivity contribution is -0.117. The minimum Gasteiger partial charge on any atom is -0.300 e. The van der Waals surface area contributed by atoms with Crippen molar-refractivity contribution in [2.45, 2.75) is 25.2 Å². The highest BCUT2D eigenvalue weighted by Crippen LogP contribution is 2.32. The molecule has 3 heteroatoms. The number of rotatable bonds is 2. The molecule has 1 unspecified atom stereocenters. The fourth-order valence-electron chi connectivity index (χ4n) is 2.47. The summed E-state index contributed by atoms with van der Waals surface area (Å²) < 4.78 is 1.95. The van der Waals surface area contributed by atoms with Gasteiger partial charge in [-0.15, -0.1) is 0 Å². The zero-order chi connectivity index (χ0) is 11.7. The van der Waals surface area contributed by atoms with Crippen LogP contribution in [0, 0.1) is 0 Å². The van der Waals surface area contributed by atoms with Gasteiger partial charge in [0.1, 0.15) is 5.78 Å². The number of para-hydroxylation sites is 1. The van der Waals surface area contributed by atoms with Crippen LogP contribution in [0.25, 0.3) is 5.69 Å². The highest BCUT2D eigenvalue weighted by Gasteiger charge is 2.26. The maximum Gasteiger partial charge on any atom is 0.133 e. The van der Waals surface area contributed by atoms with E-state index in [0.717, 1.165) is 17.8 Å². The summed E-state index contributed by atoms with van der Waals surface area (Å²) >= 11 is 0. The van der Waals surface area contributed by atoms with Crippen LogP contribution in [0.5, 0.6) is 0 Å². The van der Waals surface area contributed by atoms with Gasteiger partial charge in [-0.05, 0) is 24.6 Å². The highest BCUT2D eigenvalue weighted by molar-refractivity contribution is 5.81. The van der Waals surface area contributed by atoms with Crippen LogP contribution in [0.3, 0.4) is 0 Å². The predicted molar refractivity (Wildman–Crippen MR) is 65.2 cm³/mol. The molecule has 1 aliphatic carbocycles. The molecule has 1 atom stereocenters. The summed E-state index contributed by atoms with van der Waals surface area (Å²) in [6, 6.07) is 12.1. The van der Waals surface area contributed by atoms with Gasteiger partial charge in [0, 0.05) is 30.7 Å². The fourth-order valence-corrected chi connectivity index (χ4v) is 2.47. The molecule has 0 amide bonds. The molecule has 0 aliphatic heterocycles. The number of carbonyl (C=O) groups is 1. The maximum atomic E-state index is 11.4. The first kappa shape index (κ1) is 10.3. The van der Waals surface area contributed by atoms with E-state index < -0.39 is 0 Å². The molecule has 17 heavy (non-hydrogen) atoms. The summed E-state index contributed by atoms with van der Waals surface area (Å²) in [5, 5.41) is 4.36. The molecule has 1 aromatic carbocycles. The number of Topliss-reactive ketones (excluding diaryl/α,β-unsaturated/α-hetero) is 1. The van der Waals surface area contributed by atoms with E-state index in [4.69, 9.17) is 0 Å². The van der Waals surface area contributed by atoms with Crippen molar-refractivity contribution in [3.8, 4) is 5.69 Å². The van der Waals surface area contributed by atoms with Crippen LogP contribution in [-0.4, -0.2) is 15.6 Å². The number of ketones is 1. The summed E-state index contributed by atoms with van der Waals surface area (Å²) in [6.07, 6.45) is 4.14. The molecule has 2 aromatic rings. The quantitative estimate of drug-likeness (QED) is 0.789. The second kappa shape index (κ2) is 4.17. The van der Waals surface area contributed by atoms with Crippen LogP contribution in [-0.2, 0) is 4.79 Å². The van der Waals surface area contributed by atoms with Crippen molar-refractivity contribution in [2.24, 2.45) is 0 Å². The molecular formula is C14H14N2O. The Kier molecular flexibility index (Phi) is 2.52. The van der Waals surface area contributed by atoms with Crippen LogP contribution >= 0.6 is 0 Å². The van der Waals surface area contributed by atoms with E-state index in [1.54, 1.807) is 0 Å². The summed E-state index contributed by atoms with van der Waals surface area (Å²) in [6.45, 7) is 0. The van der Waals surface area contributed by atoms with Crippen LogP contribution in [0.15, 0.2) is 42.6 Å². The van der Waals surface area contributed by atoms with Crippen molar-refractivity contribution in [1.29, 1.82) is 0 Å². The zero-order valence-corrected chi connectivity index (χ0v) is 9.54. The molecule has 3 nitrogen and oxygen atoms in total. The maximum absolute atomic E-state index is 11.4. The summed E-state index contributed by atoms with van der Waals surface area (Å²) in [5.74, 6) is 0.709. The van der Waals surface area contributed by atoms with E-state index in [1.807, 2.05) is 47.3 Å². The van der Waals surface area contributed by atoms with Gasteiger partial charge in [0.05, 0.1) is 5.69 Å². The Hall–Kier alpha value is -1.90. The molecule has 0 radical (unpaired) electrons. The topological polar surface area (TPSA) is 34.9 Å². The Morgan fingerprint density at radius 3 is 2.71 bits per heavy atom. The van der Waals surface area contributed by atoms with Gasteiger partial charge >= 0.3 is 0 Å². The monoisotopic (exact) mass is 226 g/mol. The van der Waals surface area contributed by atoms with E-state index >= 15 is 0 Å². The SMILES string of the molecule is O=C1CCC(c2ccnn2-c2ccccc2)C1. The number of benzene rings is 1. The third-order valence-electron chi connectivity index (χ3n) is 3.34. The Balaban J connectivity index is 1.97. The van der Waals surface area contributed by atoms with E-state index in [9.17, 15) is 4.79 Å². The standard InChI is InChI=1S/C14H14N2O/c17-13-7-6-11(10-13)14-8-9-15-16(14)12-4-2-1-3-5-12/h1-5,8-9,11H,6-7,10H2. The van der Waals surface area contributed by atoms with Gasteiger partial charge in [-0.3, -0.25) is 4.79 Å². The van der Waals surface area contributed by atoms with Crippen LogP contribution in [0.1, 0.15) is 30.9 Å². The fraction of sp³-hybridized carbons (Fsp3) is 0.286. The van der Waals surface area contributed by atoms with Gasteiger partial charge < -0.3 is 0 Å². The molecule has 0 bridgehead atoms. The summed E-state index contributed by atoms with van der Waals surface area (Å²) in [4.78, 5) is 11.4. The summed E-state index contributed by atoms with van der Waals surface area (Å²) in [5.41, 5.74) is 2.22. The molecule has 1 fully saturated rings. The second-order valence-corrected chi connectivity index (χ2v) is 4.48. The highest BCUT2D eigenvalue weighted by atomic mass is 16.1. The zero-order valence-electron chi connectivity index (χ0n) is 9.54. The van der Waals surface area contributed by atoms with Gasteiger partial charge in [0.2, 0.25) is 0 Å². The first-order valence-electron chi connectivity index (χ1n) is 5.95. The van der Waals surface area contributed by atoms with Gasteiger partial charge in [-0.1, -0.05) is 18.2 Å². The van der Waals surface area contributed by atoms with E-state index in [-0.39, 0.29) is 0 Å². The number of nitrogens with zero attached hydrogens (tertiary/aromatic N) is 2. The van der Waals surface area contributed by atoms with Gasteiger partial charge in [0.25, 0.3) is 0 Å². The third kappa shape index (κ3) is 1.88. The molecule has 3 rings (SSSR count). The molecule has 1 aliphatic rings. The van der Waals surface area contributed by atoms with Crippen molar-refractivity contribution in [1.82, 2.24) is 9.78 Å². The minimum atomic E-state index is 0.338. The lowest BCUT2D eigenvalue weighted by Crippen LogP contribution is -2.05. The first-order chi connectivity index (χ1) is 8.34. The van der Waals surface area contributed by atoms with E-state index in [2.05, 4.69) is 5.10 Å². The number of aromatic nitrogens is 2. The number of hydrogen-bond acceptors (Lipinski definition) is 2. The lowest BCUT2D eigenvalue weighted by Gasteiger charge is -2.11. The third-order valence-corrected chi connectivity index (χ3v) is 3.34. The minimum absolute atomic E-state index is 0.338. The molecule has 1 aromatic heterocycles. The van der Waals surface area contributed by atoms with E-state index in [0.29, 0.717) is 24.5 Å². The smallest absolute Gasteiger partial charge is 0.133 e. The van der Waals surface area contributed by atoms with Crippen molar-refractivity contribution in [3.05, 3.63) is 48.3 Å². The van der Waals surface area contributed by atoms with Crippen LogP contribution in [0.4, 0.5) is 0 Å². The number of carbonyl (C=O) groups excluding carboxylic acids is 1. The van der Waals surface area contributed by atoms with Crippen molar-refractivity contribution < 1.29 is 4.79 Å². The molecular weight excluding hydrogens is 212 g/mol. The normalized spacial score (nSPS) is 19.8. The number of hydrogen-bond donors (Lipinski definition) is 0. The second-order valence-electron chi connectivity index (χ2n) is 4.48. The molecule has 86 valence electrons. The molecule has 1 saturated carbocycles. The largest absolute Gasteiger partial charge is 0.300 e. The molecule has 1 heterocycles. The molecule has 0 N–H and O–H groups in total. The average Bonchev–Trinajstić information content (AvgIpc) is 2.98. The van der Waals surface area contributed by atoms with Crippen molar-refractivity contribution >= 4 is 5.78 Å². The molecule has 0 saturated heterocycles. The Labute approximate surface area is 100 Å². The van der Waals surface area contributed by atoms with Crippen LogP contribution in [0.2, 0.25) is 0 Å². The summed E-state index contributed by atoms with van der Waals surface area (Å²) in [7, 11) is 0. The Bertz CT molecular complexity index is 530. The van der Waals surface area contributed by atoms with Crippen LogP contribution < -0.4 is 0 Å². The van der Waals surface area contributed by atoms with Crippen molar-refractivity contribution in [2.75, 3.05) is 0 Å². The first-order valence-corrected chi connectivity index (χ1v) is 5.95. The predicted octanol–water partition coefficient (Wildman–Crippen LogP) is 2.71. The van der Waals surface area contributed by atoms with Gasteiger partial charge in [-0.2, -0.15) is 5.10 Å². The van der Waals surface area contributed by atoms with Gasteiger partial charge in [0.15, 0.2) is 0 Å². The lowest BCUT2D eigenvalue weighted by atomic mass is 10.0. The van der Waals surface area contributed by atoms with E-state index in [1.165, 1.54) is 0 Å².